The van der Waals surface area contributed by atoms with E-state index in [1.165, 1.54) is 23.5 Å². The minimum atomic E-state index is -0.484. The molecule has 1 aromatic carbocycles. The van der Waals surface area contributed by atoms with Crippen molar-refractivity contribution in [3.05, 3.63) is 29.0 Å². The highest BCUT2D eigenvalue weighted by Crippen LogP contribution is 2.27. The molecule has 0 aliphatic heterocycles. The number of nitrogens with one attached hydrogen (secondary N) is 2. The summed E-state index contributed by atoms with van der Waals surface area (Å²) < 4.78 is 19.0. The zero-order chi connectivity index (χ0) is 19.3. The number of amides is 2. The van der Waals surface area contributed by atoms with Gasteiger partial charge in [-0.25, -0.2) is 14.2 Å². The van der Waals surface area contributed by atoms with Crippen molar-refractivity contribution in [3.63, 3.8) is 0 Å². The third kappa shape index (κ3) is 5.94. The second kappa shape index (κ2) is 8.93. The van der Waals surface area contributed by atoms with Crippen LogP contribution in [-0.4, -0.2) is 29.6 Å². The van der Waals surface area contributed by atoms with Crippen molar-refractivity contribution in [1.29, 1.82) is 0 Å². The molecule has 26 heavy (non-hydrogen) atoms. The number of hydrogen-bond donors (Lipinski definition) is 2. The fourth-order valence-corrected chi connectivity index (χ4v) is 3.36. The van der Waals surface area contributed by atoms with Crippen LogP contribution < -0.4 is 10.6 Å². The van der Waals surface area contributed by atoms with E-state index in [4.69, 9.17) is 4.74 Å². The van der Waals surface area contributed by atoms with Gasteiger partial charge in [0.15, 0.2) is 0 Å². The average molecular weight is 381 g/mol. The number of halogens is 1. The molecule has 0 fully saturated rings. The Bertz CT molecular complexity index is 778. The van der Waals surface area contributed by atoms with Crippen LogP contribution in [-0.2, 0) is 9.53 Å². The summed E-state index contributed by atoms with van der Waals surface area (Å²) in [7, 11) is 0. The molecule has 2 rings (SSSR count). The molecule has 2 N–H and O–H groups in total. The average Bonchev–Trinajstić information content (AvgIpc) is 2.95. The van der Waals surface area contributed by atoms with Crippen molar-refractivity contribution in [2.75, 3.05) is 6.54 Å². The highest BCUT2D eigenvalue weighted by atomic mass is 32.1. The molecule has 0 aliphatic carbocycles. The molecule has 0 spiro atoms. The number of fused-ring (bicyclic) bond motifs is 1. The molecule has 0 saturated heterocycles. The number of carbonyl (C=O) groups excluding carboxylic acids is 2. The van der Waals surface area contributed by atoms with E-state index >= 15 is 0 Å². The Balaban J connectivity index is 1.83. The Kier molecular flexibility index (Phi) is 6.90. The summed E-state index contributed by atoms with van der Waals surface area (Å²) in [5.74, 6) is -0.470. The second-order valence-corrected chi connectivity index (χ2v) is 7.66. The van der Waals surface area contributed by atoms with E-state index in [0.717, 1.165) is 9.71 Å². The summed E-state index contributed by atoms with van der Waals surface area (Å²) in [6, 6.07) is 4.17. The Morgan fingerprint density at radius 3 is 2.69 bits per heavy atom. The number of nitrogens with zero attached hydrogens (tertiary/aromatic N) is 1. The lowest BCUT2D eigenvalue weighted by molar-refractivity contribution is -0.122. The van der Waals surface area contributed by atoms with Gasteiger partial charge in [0.25, 0.3) is 0 Å². The molecule has 8 heteroatoms. The van der Waals surface area contributed by atoms with E-state index in [1.54, 1.807) is 19.9 Å². The van der Waals surface area contributed by atoms with Crippen molar-refractivity contribution in [2.24, 2.45) is 5.92 Å². The summed E-state index contributed by atoms with van der Waals surface area (Å²) in [5.41, 5.74) is 0.716. The quantitative estimate of drug-likeness (QED) is 0.765. The van der Waals surface area contributed by atoms with E-state index in [-0.39, 0.29) is 36.2 Å². The number of hydrogen-bond acceptors (Lipinski definition) is 5. The van der Waals surface area contributed by atoms with Gasteiger partial charge in [0.2, 0.25) is 5.91 Å². The summed E-state index contributed by atoms with van der Waals surface area (Å²) in [6.45, 7) is 7.62. The van der Waals surface area contributed by atoms with Crippen molar-refractivity contribution in [2.45, 2.75) is 46.3 Å². The van der Waals surface area contributed by atoms with Gasteiger partial charge < -0.3 is 15.4 Å². The zero-order valence-corrected chi connectivity index (χ0v) is 16.2. The van der Waals surface area contributed by atoms with Gasteiger partial charge >= 0.3 is 6.09 Å². The maximum absolute atomic E-state index is 13.3. The van der Waals surface area contributed by atoms with Gasteiger partial charge in [-0.15, -0.1) is 11.3 Å². The largest absolute Gasteiger partial charge is 0.447 e. The number of benzene rings is 1. The fraction of sp³-hybridized carbons (Fsp3) is 0.500. The predicted octanol–water partition coefficient (Wildman–Crippen LogP) is 3.77. The molecule has 0 bridgehead atoms. The number of carbonyl (C=O) groups is 2. The van der Waals surface area contributed by atoms with Gasteiger partial charge in [-0.05, 0) is 44.9 Å². The van der Waals surface area contributed by atoms with Gasteiger partial charge in [0.1, 0.15) is 10.8 Å². The van der Waals surface area contributed by atoms with Gasteiger partial charge in [0, 0.05) is 13.0 Å². The van der Waals surface area contributed by atoms with Crippen molar-refractivity contribution in [3.8, 4) is 0 Å². The number of alkyl carbamates (subject to hydrolysis) is 1. The Hall–Kier alpha value is -2.22. The first-order chi connectivity index (χ1) is 12.2. The van der Waals surface area contributed by atoms with Crippen LogP contribution in [0.25, 0.3) is 10.2 Å². The second-order valence-electron chi connectivity index (χ2n) is 6.60. The normalized spacial score (nSPS) is 13.5. The third-order valence-corrected chi connectivity index (χ3v) is 4.79. The molecule has 2 aromatic rings. The lowest BCUT2D eigenvalue weighted by Crippen LogP contribution is -2.34. The number of rotatable bonds is 7. The molecule has 2 atom stereocenters. The zero-order valence-electron chi connectivity index (χ0n) is 15.3. The molecule has 6 nitrogen and oxygen atoms in total. The van der Waals surface area contributed by atoms with E-state index in [0.29, 0.717) is 12.1 Å². The van der Waals surface area contributed by atoms with Crippen LogP contribution in [0.1, 0.15) is 45.2 Å². The molecule has 1 heterocycles. The molecule has 0 radical (unpaired) electrons. The monoisotopic (exact) mass is 381 g/mol. The Morgan fingerprint density at radius 2 is 2.00 bits per heavy atom. The van der Waals surface area contributed by atoms with Gasteiger partial charge in [-0.2, -0.15) is 0 Å². The standard InChI is InChI=1S/C18H24FN3O3S/c1-10(2)25-18(24)20-9-11(3)7-16(23)21-12(4)17-22-14-6-5-13(19)8-15(14)26-17/h5-6,8,10-12H,7,9H2,1-4H3,(H,20,24)(H,21,23). The first-order valence-electron chi connectivity index (χ1n) is 8.54. The van der Waals surface area contributed by atoms with Crippen molar-refractivity contribution >= 4 is 33.6 Å². The molecule has 1 aromatic heterocycles. The van der Waals surface area contributed by atoms with Gasteiger partial charge in [-0.3, -0.25) is 4.79 Å². The Morgan fingerprint density at radius 1 is 1.27 bits per heavy atom. The Labute approximate surface area is 156 Å². The highest BCUT2D eigenvalue weighted by molar-refractivity contribution is 7.18. The predicted molar refractivity (Wildman–Crippen MR) is 99.5 cm³/mol. The minimum Gasteiger partial charge on any atom is -0.447 e. The van der Waals surface area contributed by atoms with Crippen LogP contribution in [0.3, 0.4) is 0 Å². The van der Waals surface area contributed by atoms with Crippen LogP contribution in [0.5, 0.6) is 0 Å². The first kappa shape index (κ1) is 20.1. The number of thiazole rings is 1. The number of ether oxygens (including phenoxy) is 1. The van der Waals surface area contributed by atoms with E-state index in [2.05, 4.69) is 15.6 Å². The molecular formula is C18H24FN3O3S. The van der Waals surface area contributed by atoms with E-state index in [1.807, 2.05) is 13.8 Å². The van der Waals surface area contributed by atoms with Crippen LogP contribution in [0.2, 0.25) is 0 Å². The van der Waals surface area contributed by atoms with Gasteiger partial charge in [0.05, 0.1) is 22.4 Å². The van der Waals surface area contributed by atoms with Crippen LogP contribution in [0.15, 0.2) is 18.2 Å². The lowest BCUT2D eigenvalue weighted by Gasteiger charge is -2.16. The first-order valence-corrected chi connectivity index (χ1v) is 9.36. The van der Waals surface area contributed by atoms with Crippen LogP contribution >= 0.6 is 11.3 Å². The summed E-state index contributed by atoms with van der Waals surface area (Å²) in [6.07, 6.45) is -0.398. The van der Waals surface area contributed by atoms with Crippen molar-refractivity contribution < 1.29 is 18.7 Å². The summed E-state index contributed by atoms with van der Waals surface area (Å²) in [4.78, 5) is 28.1. The molecule has 0 saturated carbocycles. The number of aromatic nitrogens is 1. The third-order valence-electron chi connectivity index (χ3n) is 3.59. The molecular weight excluding hydrogens is 357 g/mol. The summed E-state index contributed by atoms with van der Waals surface area (Å²) in [5, 5.41) is 6.26. The fourth-order valence-electron chi connectivity index (χ4n) is 2.37. The van der Waals surface area contributed by atoms with E-state index < -0.39 is 6.09 Å². The molecule has 0 aliphatic rings. The minimum absolute atomic E-state index is 0.0358. The van der Waals surface area contributed by atoms with E-state index in [9.17, 15) is 14.0 Å². The summed E-state index contributed by atoms with van der Waals surface area (Å²) >= 11 is 1.36. The van der Waals surface area contributed by atoms with Crippen molar-refractivity contribution in [1.82, 2.24) is 15.6 Å². The molecule has 142 valence electrons. The van der Waals surface area contributed by atoms with Gasteiger partial charge in [-0.1, -0.05) is 6.92 Å². The molecule has 2 amide bonds. The maximum atomic E-state index is 13.3. The smallest absolute Gasteiger partial charge is 0.407 e. The SMILES string of the molecule is CC(CNC(=O)OC(C)C)CC(=O)NC(C)c1nc2ccc(F)cc2s1. The van der Waals surface area contributed by atoms with Crippen LogP contribution in [0, 0.1) is 11.7 Å². The highest BCUT2D eigenvalue weighted by Gasteiger charge is 2.17. The van der Waals surface area contributed by atoms with Crippen LogP contribution in [0.4, 0.5) is 9.18 Å². The molecule has 2 unspecified atom stereocenters. The maximum Gasteiger partial charge on any atom is 0.407 e. The topological polar surface area (TPSA) is 80.3 Å². The lowest BCUT2D eigenvalue weighted by atomic mass is 10.1.